The average Bonchev–Trinajstić information content (AvgIpc) is 2.14. The van der Waals surface area contributed by atoms with Gasteiger partial charge in [0.2, 0.25) is 0 Å². The summed E-state index contributed by atoms with van der Waals surface area (Å²) in [6.07, 6.45) is 2.39. The van der Waals surface area contributed by atoms with Crippen molar-refractivity contribution in [2.75, 3.05) is 34.0 Å². The van der Waals surface area contributed by atoms with Crippen LogP contribution < -0.4 is 0 Å². The highest BCUT2D eigenvalue weighted by atomic mass is 16.2. The number of aldehydes is 1. The normalized spacial score (nSPS) is 18.9. The highest BCUT2D eigenvalue weighted by molar-refractivity contribution is 5.74. The molecular weight excluding hydrogens is 182 g/mol. The second kappa shape index (κ2) is 4.95. The molecule has 1 rings (SSSR count). The number of urea groups is 1. The van der Waals surface area contributed by atoms with Gasteiger partial charge in [0.1, 0.15) is 6.29 Å². The summed E-state index contributed by atoms with van der Waals surface area (Å²) in [5.41, 5.74) is 0. The maximum absolute atomic E-state index is 11.4. The first-order valence-electron chi connectivity index (χ1n) is 4.77. The fourth-order valence-corrected chi connectivity index (χ4v) is 1.60. The van der Waals surface area contributed by atoms with Crippen LogP contribution in [0.2, 0.25) is 0 Å². The molecule has 0 unspecified atom stereocenters. The number of carbonyl (C=O) groups excluding carboxylic acids is 2. The minimum atomic E-state index is 0.0524. The summed E-state index contributed by atoms with van der Waals surface area (Å²) in [7, 11) is 3.56. The summed E-state index contributed by atoms with van der Waals surface area (Å²) in [5.74, 6) is 0. The van der Waals surface area contributed by atoms with Gasteiger partial charge in [-0.2, -0.15) is 0 Å². The Morgan fingerprint density at radius 3 is 2.36 bits per heavy atom. The van der Waals surface area contributed by atoms with Crippen LogP contribution >= 0.6 is 0 Å². The maximum atomic E-state index is 11.4. The predicted octanol–water partition coefficient (Wildman–Crippen LogP) is 0.180. The van der Waals surface area contributed by atoms with Gasteiger partial charge in [0, 0.05) is 27.1 Å². The van der Waals surface area contributed by atoms with E-state index < -0.39 is 0 Å². The van der Waals surface area contributed by atoms with E-state index >= 15 is 0 Å². The molecule has 0 aromatic heterocycles. The monoisotopic (exact) mass is 199 g/mol. The molecule has 1 aliphatic rings. The molecule has 0 aromatic rings. The zero-order chi connectivity index (χ0) is 10.6. The SMILES string of the molecule is CN1CN(CCCC=O)CN(C)C1=O. The van der Waals surface area contributed by atoms with Gasteiger partial charge in [0.05, 0.1) is 13.3 Å². The van der Waals surface area contributed by atoms with Crippen molar-refractivity contribution in [2.45, 2.75) is 12.8 Å². The Morgan fingerprint density at radius 1 is 1.29 bits per heavy atom. The quantitative estimate of drug-likeness (QED) is 0.479. The molecule has 0 N–H and O–H groups in total. The van der Waals surface area contributed by atoms with Crippen molar-refractivity contribution in [3.05, 3.63) is 0 Å². The lowest BCUT2D eigenvalue weighted by Gasteiger charge is -2.38. The van der Waals surface area contributed by atoms with Crippen LogP contribution in [0.4, 0.5) is 4.79 Å². The van der Waals surface area contributed by atoms with Crippen LogP contribution in [0.1, 0.15) is 12.8 Å². The van der Waals surface area contributed by atoms with Crippen molar-refractivity contribution in [1.29, 1.82) is 0 Å². The van der Waals surface area contributed by atoms with Gasteiger partial charge in [-0.3, -0.25) is 4.90 Å². The minimum absolute atomic E-state index is 0.0524. The van der Waals surface area contributed by atoms with Crippen LogP contribution in [0.15, 0.2) is 0 Å². The fraction of sp³-hybridized carbons (Fsp3) is 0.778. The predicted molar refractivity (Wildman–Crippen MR) is 52.7 cm³/mol. The van der Waals surface area contributed by atoms with E-state index in [0.29, 0.717) is 19.8 Å². The van der Waals surface area contributed by atoms with Crippen LogP contribution in [0, 0.1) is 0 Å². The molecule has 14 heavy (non-hydrogen) atoms. The lowest BCUT2D eigenvalue weighted by atomic mass is 10.3. The molecule has 0 bridgehead atoms. The van der Waals surface area contributed by atoms with Gasteiger partial charge < -0.3 is 14.6 Å². The molecule has 0 spiro atoms. The Kier molecular flexibility index (Phi) is 3.88. The minimum Gasteiger partial charge on any atom is -0.315 e. The Balaban J connectivity index is 2.34. The van der Waals surface area contributed by atoms with Gasteiger partial charge >= 0.3 is 6.03 Å². The Hall–Kier alpha value is -1.10. The first-order chi connectivity index (χ1) is 6.65. The number of hydrogen-bond donors (Lipinski definition) is 0. The van der Waals surface area contributed by atoms with Crippen LogP contribution in [0.5, 0.6) is 0 Å². The maximum Gasteiger partial charge on any atom is 0.321 e. The fourth-order valence-electron chi connectivity index (χ4n) is 1.60. The number of rotatable bonds is 4. The summed E-state index contributed by atoms with van der Waals surface area (Å²) in [6.45, 7) is 2.17. The molecule has 0 aromatic carbocycles. The molecule has 5 nitrogen and oxygen atoms in total. The largest absolute Gasteiger partial charge is 0.321 e. The van der Waals surface area contributed by atoms with E-state index in [1.54, 1.807) is 23.9 Å². The van der Waals surface area contributed by atoms with Crippen LogP contribution in [0.3, 0.4) is 0 Å². The van der Waals surface area contributed by atoms with Crippen LogP contribution in [-0.4, -0.2) is 61.0 Å². The third kappa shape index (κ3) is 2.70. The average molecular weight is 199 g/mol. The van der Waals surface area contributed by atoms with Gasteiger partial charge in [0.25, 0.3) is 0 Å². The molecule has 1 aliphatic heterocycles. The molecule has 5 heteroatoms. The van der Waals surface area contributed by atoms with Crippen LogP contribution in [-0.2, 0) is 4.79 Å². The Morgan fingerprint density at radius 2 is 1.86 bits per heavy atom. The van der Waals surface area contributed by atoms with Gasteiger partial charge in [-0.15, -0.1) is 0 Å². The first kappa shape index (κ1) is 11.0. The van der Waals surface area contributed by atoms with Gasteiger partial charge in [-0.25, -0.2) is 4.79 Å². The van der Waals surface area contributed by atoms with Crippen molar-refractivity contribution >= 4 is 12.3 Å². The smallest absolute Gasteiger partial charge is 0.315 e. The van der Waals surface area contributed by atoms with E-state index in [1.807, 2.05) is 0 Å². The lowest BCUT2D eigenvalue weighted by Crippen LogP contribution is -2.55. The van der Waals surface area contributed by atoms with Crippen molar-refractivity contribution in [2.24, 2.45) is 0 Å². The molecule has 1 fully saturated rings. The zero-order valence-corrected chi connectivity index (χ0v) is 8.77. The number of amides is 2. The van der Waals surface area contributed by atoms with Crippen molar-refractivity contribution < 1.29 is 9.59 Å². The van der Waals surface area contributed by atoms with E-state index in [1.165, 1.54) is 0 Å². The highest BCUT2D eigenvalue weighted by Crippen LogP contribution is 2.06. The molecule has 0 atom stereocenters. The van der Waals surface area contributed by atoms with E-state index in [-0.39, 0.29) is 6.03 Å². The van der Waals surface area contributed by atoms with Gasteiger partial charge in [0.15, 0.2) is 0 Å². The Labute approximate surface area is 84.3 Å². The summed E-state index contributed by atoms with van der Waals surface area (Å²) in [5, 5.41) is 0. The first-order valence-corrected chi connectivity index (χ1v) is 4.77. The van der Waals surface area contributed by atoms with Crippen molar-refractivity contribution in [3.8, 4) is 0 Å². The van der Waals surface area contributed by atoms with E-state index in [0.717, 1.165) is 19.3 Å². The summed E-state index contributed by atoms with van der Waals surface area (Å²) in [6, 6.07) is 0.0524. The summed E-state index contributed by atoms with van der Waals surface area (Å²) in [4.78, 5) is 27.0. The number of unbranched alkanes of at least 4 members (excludes halogenated alkanes) is 1. The van der Waals surface area contributed by atoms with E-state index in [4.69, 9.17) is 0 Å². The standard InChI is InChI=1S/C9H17N3O2/c1-10-7-12(5-3-4-6-13)8-11(2)9(10)14/h6H,3-5,7-8H2,1-2H3. The number of carbonyl (C=O) groups is 2. The molecule has 0 radical (unpaired) electrons. The molecule has 2 amide bonds. The van der Waals surface area contributed by atoms with Crippen molar-refractivity contribution in [3.63, 3.8) is 0 Å². The zero-order valence-electron chi connectivity index (χ0n) is 8.77. The third-order valence-corrected chi connectivity index (χ3v) is 2.27. The number of hydrogen-bond acceptors (Lipinski definition) is 3. The van der Waals surface area contributed by atoms with Gasteiger partial charge in [-0.05, 0) is 6.42 Å². The molecule has 80 valence electrons. The second-order valence-electron chi connectivity index (χ2n) is 3.66. The molecule has 0 aliphatic carbocycles. The van der Waals surface area contributed by atoms with E-state index in [9.17, 15) is 9.59 Å². The lowest BCUT2D eigenvalue weighted by molar-refractivity contribution is -0.108. The topological polar surface area (TPSA) is 43.9 Å². The van der Waals surface area contributed by atoms with Crippen LogP contribution in [0.25, 0.3) is 0 Å². The highest BCUT2D eigenvalue weighted by Gasteiger charge is 2.24. The van der Waals surface area contributed by atoms with Gasteiger partial charge in [-0.1, -0.05) is 0 Å². The molecular formula is C9H17N3O2. The molecule has 1 saturated heterocycles. The molecule has 1 heterocycles. The summed E-state index contributed by atoms with van der Waals surface area (Å²) >= 11 is 0. The Bertz CT molecular complexity index is 206. The summed E-state index contributed by atoms with van der Waals surface area (Å²) < 4.78 is 0. The number of nitrogens with zero attached hydrogens (tertiary/aromatic N) is 3. The van der Waals surface area contributed by atoms with Crippen molar-refractivity contribution in [1.82, 2.24) is 14.7 Å². The van der Waals surface area contributed by atoms with E-state index in [2.05, 4.69) is 4.90 Å². The molecule has 0 saturated carbocycles. The third-order valence-electron chi connectivity index (χ3n) is 2.27. The second-order valence-corrected chi connectivity index (χ2v) is 3.66.